The van der Waals surface area contributed by atoms with E-state index >= 15 is 0 Å². The lowest BCUT2D eigenvalue weighted by atomic mass is 10.1. The van der Waals surface area contributed by atoms with Crippen LogP contribution in [-0.4, -0.2) is 66.2 Å². The molecule has 0 aromatic heterocycles. The molecule has 1 unspecified atom stereocenters. The summed E-state index contributed by atoms with van der Waals surface area (Å²) in [6.45, 7) is 7.55. The van der Waals surface area contributed by atoms with Crippen LogP contribution in [-0.2, 0) is 21.7 Å². The Morgan fingerprint density at radius 2 is 1.74 bits per heavy atom. The third-order valence-electron chi connectivity index (χ3n) is 5.15. The van der Waals surface area contributed by atoms with Crippen molar-refractivity contribution in [1.82, 2.24) is 10.2 Å². The summed E-state index contributed by atoms with van der Waals surface area (Å²) in [6, 6.07) is 17.7. The summed E-state index contributed by atoms with van der Waals surface area (Å²) < 4.78 is 11.1. The average molecular weight is 503 g/mol. The number of urea groups is 1. The van der Waals surface area contributed by atoms with Crippen molar-refractivity contribution >= 4 is 23.8 Å². The second-order valence-electron chi connectivity index (χ2n) is 8.46. The number of carboxylic acids is 1. The zero-order valence-corrected chi connectivity index (χ0v) is 21.8. The molecule has 1 atom stereocenters. The van der Waals surface area contributed by atoms with Gasteiger partial charge in [-0.25, -0.2) is 9.59 Å². The average Bonchev–Trinajstić information content (AvgIpc) is 2.83. The minimum Gasteiger partial charge on any atom is -0.492 e. The van der Waals surface area contributed by atoms with Crippen molar-refractivity contribution in [2.75, 3.05) is 32.1 Å². The number of hydrogen-bond acceptors (Lipinski definition) is 5. The Morgan fingerprint density at radius 3 is 2.37 bits per heavy atom. The number of rotatable bonds is 16. The van der Waals surface area contributed by atoms with Gasteiger partial charge in [0.05, 0.1) is 6.54 Å². The van der Waals surface area contributed by atoms with Crippen LogP contribution in [0.1, 0.15) is 38.3 Å². The molecule has 0 heterocycles. The Bertz CT molecular complexity index is 877. The molecule has 0 bridgehead atoms. The Hall–Kier alpha value is -2.71. The van der Waals surface area contributed by atoms with E-state index in [1.165, 1.54) is 5.56 Å². The molecule has 2 aromatic rings. The molecule has 0 aliphatic carbocycles. The number of thioether (sulfide) groups is 1. The number of nitrogens with one attached hydrogen (secondary N) is 1. The summed E-state index contributed by atoms with van der Waals surface area (Å²) in [7, 11) is 0. The highest BCUT2D eigenvalue weighted by atomic mass is 32.2. The van der Waals surface area contributed by atoms with Crippen molar-refractivity contribution in [1.29, 1.82) is 0 Å². The van der Waals surface area contributed by atoms with Gasteiger partial charge in [-0.1, -0.05) is 42.5 Å². The van der Waals surface area contributed by atoms with Crippen LogP contribution in [0, 0.1) is 0 Å². The fourth-order valence-electron chi connectivity index (χ4n) is 3.40. The van der Waals surface area contributed by atoms with E-state index in [1.54, 1.807) is 11.8 Å². The highest BCUT2D eigenvalue weighted by Crippen LogP contribution is 2.15. The highest BCUT2D eigenvalue weighted by Gasteiger charge is 2.18. The molecule has 0 saturated heterocycles. The third-order valence-corrected chi connectivity index (χ3v) is 6.26. The van der Waals surface area contributed by atoms with Gasteiger partial charge in [-0.15, -0.1) is 0 Å². The number of ether oxygens (including phenoxy) is 2. The van der Waals surface area contributed by atoms with Crippen molar-refractivity contribution < 1.29 is 24.2 Å². The molecule has 192 valence electrons. The molecule has 0 fully saturated rings. The summed E-state index contributed by atoms with van der Waals surface area (Å²) in [4.78, 5) is 25.7. The maximum absolute atomic E-state index is 12.6. The lowest BCUT2D eigenvalue weighted by Gasteiger charge is -2.24. The summed E-state index contributed by atoms with van der Waals surface area (Å²) >= 11 is 1.87. The molecule has 2 rings (SSSR count). The van der Waals surface area contributed by atoms with Crippen molar-refractivity contribution in [3.8, 4) is 5.75 Å². The van der Waals surface area contributed by atoms with E-state index in [1.807, 2.05) is 55.9 Å². The fraction of sp³-hybridized carbons (Fsp3) is 0.481. The van der Waals surface area contributed by atoms with E-state index in [0.29, 0.717) is 38.5 Å². The Balaban J connectivity index is 1.79. The third kappa shape index (κ3) is 11.5. The molecular formula is C27H38N2O5S. The SMILES string of the molecule is CCOC(Cc1ccc(OCCN(CCCSCc2ccccc2)C(=O)NC(C)C)cc1)C(=O)O. The minimum absolute atomic E-state index is 0.0669. The molecule has 0 saturated carbocycles. The topological polar surface area (TPSA) is 88.1 Å². The molecular weight excluding hydrogens is 464 g/mol. The van der Waals surface area contributed by atoms with Gasteiger partial charge in [0.2, 0.25) is 0 Å². The van der Waals surface area contributed by atoms with Crippen LogP contribution in [0.15, 0.2) is 54.6 Å². The first-order valence-electron chi connectivity index (χ1n) is 12.1. The summed E-state index contributed by atoms with van der Waals surface area (Å²) in [5, 5.41) is 12.2. The molecule has 2 amide bonds. The molecule has 0 aliphatic rings. The molecule has 35 heavy (non-hydrogen) atoms. The van der Waals surface area contributed by atoms with Gasteiger partial charge in [-0.3, -0.25) is 0 Å². The van der Waals surface area contributed by atoms with E-state index in [2.05, 4.69) is 29.6 Å². The predicted molar refractivity (Wildman–Crippen MR) is 141 cm³/mol. The summed E-state index contributed by atoms with van der Waals surface area (Å²) in [5.41, 5.74) is 2.17. The standard InChI is InChI=1S/C27H38N2O5S/c1-4-33-25(26(30)31)19-22-11-13-24(14-12-22)34-17-16-29(27(32)28-21(2)3)15-8-18-35-20-23-9-6-5-7-10-23/h5-7,9-14,21,25H,4,8,15-20H2,1-3H3,(H,28,32)(H,30,31). The molecule has 0 spiro atoms. The number of hydrogen-bond donors (Lipinski definition) is 2. The van der Waals surface area contributed by atoms with Crippen LogP contribution in [0.4, 0.5) is 4.79 Å². The van der Waals surface area contributed by atoms with Crippen molar-refractivity contribution in [2.24, 2.45) is 0 Å². The second kappa shape index (κ2) is 16.1. The summed E-state index contributed by atoms with van der Waals surface area (Å²) in [6.07, 6.45) is 0.350. The highest BCUT2D eigenvalue weighted by molar-refractivity contribution is 7.98. The lowest BCUT2D eigenvalue weighted by molar-refractivity contribution is -0.149. The molecule has 0 radical (unpaired) electrons. The normalized spacial score (nSPS) is 11.8. The number of aliphatic carboxylic acids is 1. The predicted octanol–water partition coefficient (Wildman–Crippen LogP) is 4.84. The number of nitrogens with zero attached hydrogens (tertiary/aromatic N) is 1. The van der Waals surface area contributed by atoms with Crippen molar-refractivity contribution in [3.05, 3.63) is 65.7 Å². The largest absolute Gasteiger partial charge is 0.492 e. The Morgan fingerprint density at radius 1 is 1.03 bits per heavy atom. The summed E-state index contributed by atoms with van der Waals surface area (Å²) in [5.74, 6) is 1.66. The first kappa shape index (κ1) is 28.5. The lowest BCUT2D eigenvalue weighted by Crippen LogP contribution is -2.45. The van der Waals surface area contributed by atoms with Gasteiger partial charge in [0.15, 0.2) is 6.10 Å². The van der Waals surface area contributed by atoms with Gasteiger partial charge in [0.1, 0.15) is 12.4 Å². The molecule has 8 heteroatoms. The van der Waals surface area contributed by atoms with Crippen molar-refractivity contribution in [3.63, 3.8) is 0 Å². The maximum atomic E-state index is 12.6. The zero-order chi connectivity index (χ0) is 25.5. The van der Waals surface area contributed by atoms with Crippen LogP contribution >= 0.6 is 11.8 Å². The van der Waals surface area contributed by atoms with Crippen LogP contribution in [0.25, 0.3) is 0 Å². The van der Waals surface area contributed by atoms with Gasteiger partial charge < -0.3 is 24.8 Å². The molecule has 2 aromatic carbocycles. The van der Waals surface area contributed by atoms with E-state index in [4.69, 9.17) is 9.47 Å². The number of carbonyl (C=O) groups excluding carboxylic acids is 1. The van der Waals surface area contributed by atoms with E-state index in [0.717, 1.165) is 23.5 Å². The maximum Gasteiger partial charge on any atom is 0.333 e. The first-order valence-corrected chi connectivity index (χ1v) is 13.3. The smallest absolute Gasteiger partial charge is 0.333 e. The van der Waals surface area contributed by atoms with Crippen LogP contribution in [0.3, 0.4) is 0 Å². The zero-order valence-electron chi connectivity index (χ0n) is 20.9. The number of carbonyl (C=O) groups is 2. The minimum atomic E-state index is -0.967. The van der Waals surface area contributed by atoms with Crippen LogP contribution in [0.2, 0.25) is 0 Å². The Labute approximate surface area is 213 Å². The number of amides is 2. The quantitative estimate of drug-likeness (QED) is 0.319. The fourth-order valence-corrected chi connectivity index (χ4v) is 4.31. The van der Waals surface area contributed by atoms with Gasteiger partial charge in [0, 0.05) is 31.4 Å². The van der Waals surface area contributed by atoms with E-state index in [9.17, 15) is 14.7 Å². The Kier molecular flexibility index (Phi) is 13.1. The van der Waals surface area contributed by atoms with Gasteiger partial charge in [-0.2, -0.15) is 11.8 Å². The van der Waals surface area contributed by atoms with Crippen molar-refractivity contribution in [2.45, 2.75) is 51.5 Å². The molecule has 0 aliphatic heterocycles. The second-order valence-corrected chi connectivity index (χ2v) is 9.57. The van der Waals surface area contributed by atoms with Gasteiger partial charge >= 0.3 is 12.0 Å². The first-order chi connectivity index (χ1) is 16.9. The van der Waals surface area contributed by atoms with E-state index in [-0.39, 0.29) is 12.1 Å². The monoisotopic (exact) mass is 502 g/mol. The van der Waals surface area contributed by atoms with Crippen LogP contribution < -0.4 is 10.1 Å². The van der Waals surface area contributed by atoms with E-state index < -0.39 is 12.1 Å². The van der Waals surface area contributed by atoms with Gasteiger partial charge in [0.25, 0.3) is 0 Å². The van der Waals surface area contributed by atoms with Gasteiger partial charge in [-0.05, 0) is 56.2 Å². The number of carboxylic acid groups (broad SMARTS) is 1. The molecule has 7 nitrogen and oxygen atoms in total. The van der Waals surface area contributed by atoms with Crippen LogP contribution in [0.5, 0.6) is 5.75 Å². The number of benzene rings is 2. The molecule has 2 N–H and O–H groups in total.